The van der Waals surface area contributed by atoms with Gasteiger partial charge in [0.25, 0.3) is 5.91 Å². The Hall–Kier alpha value is -2.54. The lowest BCUT2D eigenvalue weighted by Gasteiger charge is -2.18. The van der Waals surface area contributed by atoms with Crippen LogP contribution >= 0.6 is 0 Å². The van der Waals surface area contributed by atoms with E-state index in [9.17, 15) is 13.2 Å². The summed E-state index contributed by atoms with van der Waals surface area (Å²) in [6.45, 7) is 2.22. The number of aryl methyl sites for hydroxylation is 2. The molecule has 1 amide bonds. The highest BCUT2D eigenvalue weighted by molar-refractivity contribution is 7.93. The van der Waals surface area contributed by atoms with Crippen LogP contribution in [0.15, 0.2) is 36.4 Å². The summed E-state index contributed by atoms with van der Waals surface area (Å²) < 4.78 is 31.7. The van der Waals surface area contributed by atoms with Crippen molar-refractivity contribution in [3.05, 3.63) is 53.1 Å². The SMILES string of the molecule is COc1cc2c(cc1C(=O)Nc1ccc(N3CCC(C)S3(=O)=O)cc1)CCCCC2. The van der Waals surface area contributed by atoms with Crippen molar-refractivity contribution in [1.29, 1.82) is 0 Å². The molecule has 1 unspecified atom stereocenters. The van der Waals surface area contributed by atoms with E-state index in [2.05, 4.69) is 5.32 Å². The van der Waals surface area contributed by atoms with Gasteiger partial charge in [-0.3, -0.25) is 9.10 Å². The summed E-state index contributed by atoms with van der Waals surface area (Å²) in [5.41, 5.74) is 4.26. The second-order valence-electron chi connectivity index (χ2n) is 8.10. The first-order chi connectivity index (χ1) is 14.4. The highest BCUT2D eigenvalue weighted by atomic mass is 32.2. The molecular weight excluding hydrogens is 400 g/mol. The van der Waals surface area contributed by atoms with Crippen LogP contribution in [0.5, 0.6) is 5.75 Å². The van der Waals surface area contributed by atoms with Crippen molar-refractivity contribution in [3.63, 3.8) is 0 Å². The van der Waals surface area contributed by atoms with Crippen molar-refractivity contribution < 1.29 is 17.9 Å². The van der Waals surface area contributed by atoms with Gasteiger partial charge in [-0.05, 0) is 86.6 Å². The van der Waals surface area contributed by atoms with Gasteiger partial charge < -0.3 is 10.1 Å². The molecule has 1 saturated heterocycles. The van der Waals surface area contributed by atoms with E-state index in [0.717, 1.165) is 19.3 Å². The minimum absolute atomic E-state index is 0.228. The number of sulfonamides is 1. The number of benzene rings is 2. The summed E-state index contributed by atoms with van der Waals surface area (Å²) in [7, 11) is -1.70. The first-order valence-corrected chi connectivity index (χ1v) is 12.0. The van der Waals surface area contributed by atoms with E-state index in [1.54, 1.807) is 38.3 Å². The summed E-state index contributed by atoms with van der Waals surface area (Å²) in [5.74, 6) is 0.357. The quantitative estimate of drug-likeness (QED) is 0.743. The van der Waals surface area contributed by atoms with Crippen molar-refractivity contribution in [3.8, 4) is 5.75 Å². The van der Waals surface area contributed by atoms with E-state index in [-0.39, 0.29) is 11.2 Å². The van der Waals surface area contributed by atoms with E-state index in [4.69, 9.17) is 4.74 Å². The molecule has 0 aromatic heterocycles. The number of nitrogens with one attached hydrogen (secondary N) is 1. The fraction of sp³-hybridized carbons (Fsp3) is 0.435. The van der Waals surface area contributed by atoms with E-state index in [1.807, 2.05) is 12.1 Å². The molecule has 1 fully saturated rings. The van der Waals surface area contributed by atoms with Crippen LogP contribution in [0.25, 0.3) is 0 Å². The monoisotopic (exact) mass is 428 g/mol. The van der Waals surface area contributed by atoms with Gasteiger partial charge in [0.2, 0.25) is 10.0 Å². The average Bonchev–Trinajstić information content (AvgIpc) is 2.89. The third-order valence-corrected chi connectivity index (χ3v) is 8.39. The van der Waals surface area contributed by atoms with Crippen molar-refractivity contribution >= 4 is 27.3 Å². The van der Waals surface area contributed by atoms with Gasteiger partial charge in [0.1, 0.15) is 5.75 Å². The van der Waals surface area contributed by atoms with Gasteiger partial charge in [0, 0.05) is 12.2 Å². The first kappa shape index (κ1) is 20.7. The molecule has 0 spiro atoms. The molecule has 7 heteroatoms. The number of amides is 1. The fourth-order valence-corrected chi connectivity index (χ4v) is 5.88. The predicted molar refractivity (Wildman–Crippen MR) is 119 cm³/mol. The predicted octanol–water partition coefficient (Wildman–Crippen LogP) is 4.14. The maximum Gasteiger partial charge on any atom is 0.259 e. The van der Waals surface area contributed by atoms with E-state index < -0.39 is 10.0 Å². The van der Waals surface area contributed by atoms with Gasteiger partial charge >= 0.3 is 0 Å². The number of carbonyl (C=O) groups is 1. The molecule has 160 valence electrons. The Kier molecular flexibility index (Phi) is 5.73. The van der Waals surface area contributed by atoms with Gasteiger partial charge in [-0.25, -0.2) is 8.42 Å². The number of hydrogen-bond donors (Lipinski definition) is 1. The molecule has 1 atom stereocenters. The maximum atomic E-state index is 13.0. The van der Waals surface area contributed by atoms with Crippen LogP contribution < -0.4 is 14.4 Å². The second-order valence-corrected chi connectivity index (χ2v) is 10.4. The summed E-state index contributed by atoms with van der Waals surface area (Å²) >= 11 is 0. The number of fused-ring (bicyclic) bond motifs is 1. The Labute approximate surface area is 178 Å². The van der Waals surface area contributed by atoms with Crippen LogP contribution in [0.1, 0.15) is 54.1 Å². The smallest absolute Gasteiger partial charge is 0.259 e. The van der Waals surface area contributed by atoms with E-state index in [1.165, 1.54) is 28.3 Å². The van der Waals surface area contributed by atoms with Gasteiger partial charge in [0.05, 0.1) is 23.6 Å². The zero-order valence-electron chi connectivity index (χ0n) is 17.5. The standard InChI is InChI=1S/C23H28N2O4S/c1-16-12-13-25(30(16,27)28)20-10-8-19(9-11-20)24-23(26)21-14-17-6-4-3-5-7-18(17)15-22(21)29-2/h8-11,14-16H,3-7,12-13H2,1-2H3,(H,24,26). The van der Waals surface area contributed by atoms with Crippen molar-refractivity contribution in [2.75, 3.05) is 23.3 Å². The molecule has 6 nitrogen and oxygen atoms in total. The van der Waals surface area contributed by atoms with Crippen molar-refractivity contribution in [2.45, 2.75) is 50.7 Å². The van der Waals surface area contributed by atoms with Crippen LogP contribution in [0.2, 0.25) is 0 Å². The van der Waals surface area contributed by atoms with E-state index >= 15 is 0 Å². The van der Waals surface area contributed by atoms with Gasteiger partial charge in [0.15, 0.2) is 0 Å². The number of anilines is 2. The number of methoxy groups -OCH3 is 1. The summed E-state index contributed by atoms with van der Waals surface area (Å²) in [6.07, 6.45) is 6.14. The molecule has 0 saturated carbocycles. The molecule has 2 aromatic carbocycles. The largest absolute Gasteiger partial charge is 0.496 e. The number of rotatable bonds is 4. The minimum atomic E-state index is -3.29. The Morgan fingerprint density at radius 1 is 1.07 bits per heavy atom. The molecule has 0 radical (unpaired) electrons. The Morgan fingerprint density at radius 2 is 1.73 bits per heavy atom. The zero-order chi connectivity index (χ0) is 21.3. The van der Waals surface area contributed by atoms with Crippen LogP contribution in [0, 0.1) is 0 Å². The van der Waals surface area contributed by atoms with Crippen LogP contribution in [-0.4, -0.2) is 33.2 Å². The summed E-state index contributed by atoms with van der Waals surface area (Å²) in [4.78, 5) is 13.0. The van der Waals surface area contributed by atoms with Gasteiger partial charge in [-0.2, -0.15) is 0 Å². The number of ether oxygens (including phenoxy) is 1. The Bertz CT molecular complexity index is 1050. The summed E-state index contributed by atoms with van der Waals surface area (Å²) in [5, 5.41) is 2.55. The van der Waals surface area contributed by atoms with E-state index in [0.29, 0.717) is 35.7 Å². The Balaban J connectivity index is 1.54. The lowest BCUT2D eigenvalue weighted by molar-refractivity contribution is 0.102. The lowest BCUT2D eigenvalue weighted by Crippen LogP contribution is -2.27. The van der Waals surface area contributed by atoms with Gasteiger partial charge in [-0.1, -0.05) is 6.42 Å². The fourth-order valence-electron chi connectivity index (χ4n) is 4.26. The van der Waals surface area contributed by atoms with Crippen molar-refractivity contribution in [1.82, 2.24) is 0 Å². The molecule has 4 rings (SSSR count). The third kappa shape index (κ3) is 3.90. The molecule has 1 aliphatic heterocycles. The highest BCUT2D eigenvalue weighted by Gasteiger charge is 2.35. The molecule has 2 aromatic rings. The minimum Gasteiger partial charge on any atom is -0.496 e. The lowest BCUT2D eigenvalue weighted by atomic mass is 9.98. The number of nitrogens with zero attached hydrogens (tertiary/aromatic N) is 1. The number of hydrogen-bond acceptors (Lipinski definition) is 4. The third-order valence-electron chi connectivity index (χ3n) is 6.13. The molecular formula is C23H28N2O4S. The molecule has 2 aliphatic rings. The molecule has 1 heterocycles. The van der Waals surface area contributed by atoms with Gasteiger partial charge in [-0.15, -0.1) is 0 Å². The molecule has 30 heavy (non-hydrogen) atoms. The normalized spacial score (nSPS) is 20.3. The maximum absolute atomic E-state index is 13.0. The zero-order valence-corrected chi connectivity index (χ0v) is 18.3. The highest BCUT2D eigenvalue weighted by Crippen LogP contribution is 2.31. The molecule has 1 aliphatic carbocycles. The molecule has 0 bridgehead atoms. The Morgan fingerprint density at radius 3 is 2.33 bits per heavy atom. The average molecular weight is 429 g/mol. The van der Waals surface area contributed by atoms with Crippen LogP contribution in [0.4, 0.5) is 11.4 Å². The molecule has 1 N–H and O–H groups in total. The summed E-state index contributed by atoms with van der Waals surface area (Å²) in [6, 6.07) is 10.9. The van der Waals surface area contributed by atoms with Crippen molar-refractivity contribution in [2.24, 2.45) is 0 Å². The number of carbonyl (C=O) groups excluding carboxylic acids is 1. The van der Waals surface area contributed by atoms with Crippen LogP contribution in [0.3, 0.4) is 0 Å². The van der Waals surface area contributed by atoms with Crippen LogP contribution in [-0.2, 0) is 22.9 Å². The topological polar surface area (TPSA) is 75.7 Å². The first-order valence-electron chi connectivity index (χ1n) is 10.5. The second kappa shape index (κ2) is 8.30.